The van der Waals surface area contributed by atoms with Crippen LogP contribution in [0.2, 0.25) is 5.02 Å². The van der Waals surface area contributed by atoms with Crippen molar-refractivity contribution >= 4 is 11.6 Å². The first-order chi connectivity index (χ1) is 10.1. The second-order valence-corrected chi connectivity index (χ2v) is 7.69. The van der Waals surface area contributed by atoms with Crippen LogP contribution in [0.1, 0.15) is 45.6 Å². The molecule has 0 aliphatic heterocycles. The summed E-state index contributed by atoms with van der Waals surface area (Å²) >= 11 is 6.36. The molecule has 118 valence electrons. The minimum absolute atomic E-state index is 0.731. The van der Waals surface area contributed by atoms with E-state index in [0.29, 0.717) is 0 Å². The molecule has 2 heteroatoms. The van der Waals surface area contributed by atoms with E-state index in [2.05, 4.69) is 38.2 Å². The number of nitrogens with one attached hydrogen (secondary N) is 1. The first kappa shape index (κ1) is 16.8. The lowest BCUT2D eigenvalue weighted by atomic mass is 9.72. The molecule has 1 aromatic rings. The molecule has 0 spiro atoms. The standard InChI is InChI=1S/C19H30ClN/c1-14(2)12-21-13-17-9-8-15(3)10-18(17)11-16-6-4-5-7-19(16)20/h4-7,14-15,17-18,21H,8-13H2,1-3H3. The molecule has 0 saturated heterocycles. The van der Waals surface area contributed by atoms with Crippen molar-refractivity contribution in [1.29, 1.82) is 0 Å². The molecular weight excluding hydrogens is 278 g/mol. The van der Waals surface area contributed by atoms with Crippen molar-refractivity contribution in [1.82, 2.24) is 5.32 Å². The van der Waals surface area contributed by atoms with Crippen molar-refractivity contribution in [3.63, 3.8) is 0 Å². The number of benzene rings is 1. The third-order valence-electron chi connectivity index (χ3n) is 4.80. The van der Waals surface area contributed by atoms with Crippen LogP contribution in [-0.2, 0) is 6.42 Å². The monoisotopic (exact) mass is 307 g/mol. The maximum Gasteiger partial charge on any atom is 0.0438 e. The highest BCUT2D eigenvalue weighted by Gasteiger charge is 2.28. The lowest BCUT2D eigenvalue weighted by Gasteiger charge is -2.35. The molecule has 3 atom stereocenters. The normalized spacial score (nSPS) is 26.2. The zero-order valence-corrected chi connectivity index (χ0v) is 14.5. The van der Waals surface area contributed by atoms with E-state index >= 15 is 0 Å². The van der Waals surface area contributed by atoms with Gasteiger partial charge in [-0.05, 0) is 67.7 Å². The molecular formula is C19H30ClN. The predicted molar refractivity (Wildman–Crippen MR) is 92.9 cm³/mol. The zero-order chi connectivity index (χ0) is 15.2. The molecule has 1 aliphatic rings. The summed E-state index contributed by atoms with van der Waals surface area (Å²) in [6, 6.07) is 8.35. The van der Waals surface area contributed by atoms with Gasteiger partial charge in [-0.25, -0.2) is 0 Å². The minimum Gasteiger partial charge on any atom is -0.316 e. The van der Waals surface area contributed by atoms with Gasteiger partial charge >= 0.3 is 0 Å². The number of halogens is 1. The molecule has 1 N–H and O–H groups in total. The van der Waals surface area contributed by atoms with E-state index < -0.39 is 0 Å². The van der Waals surface area contributed by atoms with E-state index in [0.717, 1.165) is 41.7 Å². The van der Waals surface area contributed by atoms with E-state index in [1.165, 1.54) is 31.4 Å². The van der Waals surface area contributed by atoms with Crippen LogP contribution in [0.3, 0.4) is 0 Å². The molecule has 1 saturated carbocycles. The van der Waals surface area contributed by atoms with Gasteiger partial charge in [-0.3, -0.25) is 0 Å². The topological polar surface area (TPSA) is 12.0 Å². The van der Waals surface area contributed by atoms with Crippen LogP contribution < -0.4 is 5.32 Å². The Balaban J connectivity index is 1.96. The first-order valence-electron chi connectivity index (χ1n) is 8.50. The molecule has 1 nitrogen and oxygen atoms in total. The van der Waals surface area contributed by atoms with E-state index in [1.54, 1.807) is 0 Å². The average molecular weight is 308 g/mol. The van der Waals surface area contributed by atoms with Gasteiger partial charge in [0, 0.05) is 5.02 Å². The van der Waals surface area contributed by atoms with Crippen LogP contribution in [0, 0.1) is 23.7 Å². The van der Waals surface area contributed by atoms with Gasteiger partial charge in [0.25, 0.3) is 0 Å². The lowest BCUT2D eigenvalue weighted by molar-refractivity contribution is 0.182. The molecule has 0 aromatic heterocycles. The summed E-state index contributed by atoms with van der Waals surface area (Å²) in [7, 11) is 0. The van der Waals surface area contributed by atoms with Crippen LogP contribution in [0.25, 0.3) is 0 Å². The summed E-state index contributed by atoms with van der Waals surface area (Å²) in [4.78, 5) is 0. The van der Waals surface area contributed by atoms with Gasteiger partial charge in [-0.1, -0.05) is 57.0 Å². The molecule has 2 rings (SSSR count). The Morgan fingerprint density at radius 1 is 1.19 bits per heavy atom. The largest absolute Gasteiger partial charge is 0.316 e. The molecule has 0 radical (unpaired) electrons. The second kappa shape index (κ2) is 8.19. The Morgan fingerprint density at radius 2 is 1.95 bits per heavy atom. The smallest absolute Gasteiger partial charge is 0.0438 e. The van der Waals surface area contributed by atoms with Crippen LogP contribution in [0.5, 0.6) is 0 Å². The van der Waals surface area contributed by atoms with Crippen molar-refractivity contribution in [3.05, 3.63) is 34.9 Å². The van der Waals surface area contributed by atoms with Crippen molar-refractivity contribution < 1.29 is 0 Å². The van der Waals surface area contributed by atoms with Crippen LogP contribution in [0.4, 0.5) is 0 Å². The fourth-order valence-corrected chi connectivity index (χ4v) is 3.80. The lowest BCUT2D eigenvalue weighted by Crippen LogP contribution is -2.35. The number of hydrogen-bond donors (Lipinski definition) is 1. The van der Waals surface area contributed by atoms with Crippen LogP contribution in [0.15, 0.2) is 24.3 Å². The van der Waals surface area contributed by atoms with Gasteiger partial charge in [-0.2, -0.15) is 0 Å². The maximum atomic E-state index is 6.36. The molecule has 21 heavy (non-hydrogen) atoms. The molecule has 1 aromatic carbocycles. The van der Waals surface area contributed by atoms with Gasteiger partial charge in [0.1, 0.15) is 0 Å². The predicted octanol–water partition coefficient (Wildman–Crippen LogP) is 5.18. The van der Waals surface area contributed by atoms with Crippen molar-refractivity contribution in [2.75, 3.05) is 13.1 Å². The summed E-state index contributed by atoms with van der Waals surface area (Å²) in [6.45, 7) is 9.25. The third-order valence-corrected chi connectivity index (χ3v) is 5.17. The highest BCUT2D eigenvalue weighted by Crippen LogP contribution is 2.36. The highest BCUT2D eigenvalue weighted by molar-refractivity contribution is 6.31. The molecule has 1 aliphatic carbocycles. The van der Waals surface area contributed by atoms with Crippen LogP contribution in [-0.4, -0.2) is 13.1 Å². The molecule has 0 amide bonds. The summed E-state index contributed by atoms with van der Waals surface area (Å²) < 4.78 is 0. The van der Waals surface area contributed by atoms with E-state index in [1.807, 2.05) is 12.1 Å². The fraction of sp³-hybridized carbons (Fsp3) is 0.684. The van der Waals surface area contributed by atoms with Gasteiger partial charge < -0.3 is 5.32 Å². The maximum absolute atomic E-state index is 6.36. The zero-order valence-electron chi connectivity index (χ0n) is 13.7. The summed E-state index contributed by atoms with van der Waals surface area (Å²) in [5, 5.41) is 4.60. The average Bonchev–Trinajstić information content (AvgIpc) is 2.43. The highest BCUT2D eigenvalue weighted by atomic mass is 35.5. The quantitative estimate of drug-likeness (QED) is 0.763. The Kier molecular flexibility index (Phi) is 6.57. The van der Waals surface area contributed by atoms with Crippen molar-refractivity contribution in [2.24, 2.45) is 23.7 Å². The van der Waals surface area contributed by atoms with Gasteiger partial charge in [0.15, 0.2) is 0 Å². The van der Waals surface area contributed by atoms with Gasteiger partial charge in [-0.15, -0.1) is 0 Å². The third kappa shape index (κ3) is 5.30. The van der Waals surface area contributed by atoms with E-state index in [-0.39, 0.29) is 0 Å². The fourth-order valence-electron chi connectivity index (χ4n) is 3.58. The SMILES string of the molecule is CC(C)CNCC1CCC(C)CC1Cc1ccccc1Cl. The summed E-state index contributed by atoms with van der Waals surface area (Å²) in [6.07, 6.45) is 5.23. The molecule has 1 fully saturated rings. The summed E-state index contributed by atoms with van der Waals surface area (Å²) in [5.74, 6) is 3.16. The van der Waals surface area contributed by atoms with Gasteiger partial charge in [0.2, 0.25) is 0 Å². The molecule has 3 unspecified atom stereocenters. The van der Waals surface area contributed by atoms with Crippen molar-refractivity contribution in [3.8, 4) is 0 Å². The number of hydrogen-bond acceptors (Lipinski definition) is 1. The Bertz CT molecular complexity index is 429. The molecule has 0 bridgehead atoms. The first-order valence-corrected chi connectivity index (χ1v) is 8.88. The number of rotatable bonds is 6. The van der Waals surface area contributed by atoms with Gasteiger partial charge in [0.05, 0.1) is 0 Å². The van der Waals surface area contributed by atoms with Crippen molar-refractivity contribution in [2.45, 2.75) is 46.5 Å². The van der Waals surface area contributed by atoms with E-state index in [4.69, 9.17) is 11.6 Å². The minimum atomic E-state index is 0.731. The Hall–Kier alpha value is -0.530. The molecule has 0 heterocycles. The van der Waals surface area contributed by atoms with Crippen LogP contribution >= 0.6 is 11.6 Å². The van der Waals surface area contributed by atoms with E-state index in [9.17, 15) is 0 Å². The Morgan fingerprint density at radius 3 is 2.67 bits per heavy atom. The Labute approximate surface area is 135 Å². The second-order valence-electron chi connectivity index (χ2n) is 7.29. The summed E-state index contributed by atoms with van der Waals surface area (Å²) in [5.41, 5.74) is 1.33.